The fourth-order valence-corrected chi connectivity index (χ4v) is 7.67. The molecular weight excluding hydrogens is 763 g/mol. The Morgan fingerprint density at radius 3 is 2.10 bits per heavy atom. The van der Waals surface area contributed by atoms with Gasteiger partial charge in [0.25, 0.3) is 0 Å². The second kappa shape index (κ2) is 16.7. The summed E-state index contributed by atoms with van der Waals surface area (Å²) >= 11 is 6.98. The van der Waals surface area contributed by atoms with Crippen molar-refractivity contribution >= 4 is 40.4 Å². The van der Waals surface area contributed by atoms with Gasteiger partial charge in [-0.25, -0.2) is 33.5 Å². The molecule has 3 aromatic carbocycles. The Kier molecular flexibility index (Phi) is 11.5. The molecule has 15 heteroatoms. The first-order valence-electron chi connectivity index (χ1n) is 18.9. The highest BCUT2D eigenvalue weighted by Gasteiger charge is 2.35. The zero-order chi connectivity index (χ0) is 41.2. The van der Waals surface area contributed by atoms with Crippen LogP contribution in [0.4, 0.5) is 20.8 Å². The number of fused-ring (bicyclic) bond motifs is 1. The van der Waals surface area contributed by atoms with Gasteiger partial charge in [0, 0.05) is 43.8 Å². The second-order valence-corrected chi connectivity index (χ2v) is 15.1. The molecule has 1 fully saturated rings. The molecule has 0 unspecified atom stereocenters. The van der Waals surface area contributed by atoms with E-state index in [1.54, 1.807) is 45.4 Å². The lowest BCUT2D eigenvalue weighted by molar-refractivity contribution is 0.114. The van der Waals surface area contributed by atoms with E-state index in [9.17, 15) is 14.7 Å². The summed E-state index contributed by atoms with van der Waals surface area (Å²) in [5.41, 5.74) is 2.58. The molecule has 1 N–H and O–H groups in total. The van der Waals surface area contributed by atoms with Gasteiger partial charge in [-0.05, 0) is 73.4 Å². The van der Waals surface area contributed by atoms with Gasteiger partial charge in [-0.3, -0.25) is 0 Å². The van der Waals surface area contributed by atoms with Gasteiger partial charge in [-0.15, -0.1) is 0 Å². The summed E-state index contributed by atoms with van der Waals surface area (Å²) in [6.45, 7) is 8.80. The summed E-state index contributed by atoms with van der Waals surface area (Å²) in [6, 6.07) is 22.5. The minimum absolute atomic E-state index is 0.132. The van der Waals surface area contributed by atoms with Crippen LogP contribution >= 0.6 is 11.6 Å². The van der Waals surface area contributed by atoms with Crippen molar-refractivity contribution in [2.24, 2.45) is 0 Å². The van der Waals surface area contributed by atoms with Crippen LogP contribution in [0.3, 0.4) is 0 Å². The minimum atomic E-state index is -1.03. The molecule has 58 heavy (non-hydrogen) atoms. The number of pyridine rings is 1. The summed E-state index contributed by atoms with van der Waals surface area (Å²) in [7, 11) is 3.23. The number of hydrogen-bond acceptors (Lipinski definition) is 10. The smallest absolute Gasteiger partial charge is 0.407 e. The maximum Gasteiger partial charge on any atom is 0.407 e. The van der Waals surface area contributed by atoms with Gasteiger partial charge in [-0.1, -0.05) is 61.8 Å². The Morgan fingerprint density at radius 1 is 0.914 bits per heavy atom. The van der Waals surface area contributed by atoms with E-state index in [0.717, 1.165) is 11.1 Å². The average Bonchev–Trinajstić information content (AvgIpc) is 3.21. The van der Waals surface area contributed by atoms with Crippen LogP contribution in [0, 0.1) is 5.82 Å². The largest absolute Gasteiger partial charge is 0.497 e. The van der Waals surface area contributed by atoms with Crippen molar-refractivity contribution in [3.8, 4) is 28.4 Å². The zero-order valence-electron chi connectivity index (χ0n) is 33.1. The molecule has 0 radical (unpaired) electrons. The van der Waals surface area contributed by atoms with Crippen LogP contribution < -0.4 is 25.0 Å². The second-order valence-electron chi connectivity index (χ2n) is 14.6. The average molecular weight is 807 g/mol. The van der Waals surface area contributed by atoms with Crippen LogP contribution in [0.5, 0.6) is 11.5 Å². The fourth-order valence-electron chi connectivity index (χ4n) is 7.42. The Morgan fingerprint density at radius 2 is 1.53 bits per heavy atom. The molecule has 0 saturated carbocycles. The highest BCUT2D eigenvalue weighted by Crippen LogP contribution is 2.38. The number of rotatable bonds is 11. The van der Waals surface area contributed by atoms with Crippen molar-refractivity contribution in [3.05, 3.63) is 123 Å². The maximum absolute atomic E-state index is 15.5. The summed E-state index contributed by atoms with van der Waals surface area (Å²) < 4.78 is 27.7. The van der Waals surface area contributed by atoms with Crippen molar-refractivity contribution in [3.63, 3.8) is 0 Å². The van der Waals surface area contributed by atoms with E-state index >= 15 is 4.39 Å². The Hall–Kier alpha value is -6.28. The molecule has 0 spiro atoms. The number of halogens is 2. The first-order valence-corrected chi connectivity index (χ1v) is 19.3. The van der Waals surface area contributed by atoms with Crippen LogP contribution in [0.1, 0.15) is 50.4 Å². The number of carbonyl (C=O) groups is 1. The third-order valence-corrected chi connectivity index (χ3v) is 10.7. The first kappa shape index (κ1) is 39.9. The summed E-state index contributed by atoms with van der Waals surface area (Å²) in [5.74, 6) is 1.40. The van der Waals surface area contributed by atoms with E-state index in [2.05, 4.69) is 4.90 Å². The van der Waals surface area contributed by atoms with Crippen LogP contribution in [-0.4, -0.2) is 80.0 Å². The standard InChI is InChI=1S/C43H44ClFN8O5/c1-25(2)36-38(41(47-24-46-36)50(22-28-11-15-30(57-5)16-12-28)23-29-13-17-31(58-6)18-14-29)53-40-33(19-34(44)37(48-40)32-9-7-8-10-35(32)45)39(49-42(53)54)51-20-27(4)52(43(55)56)21-26(51)3/h7-19,24-27H,20-23H2,1-6H3,(H,55,56)/t26-,27+/m0/s1. The van der Waals surface area contributed by atoms with E-state index < -0.39 is 23.6 Å². The number of anilines is 2. The highest BCUT2D eigenvalue weighted by molar-refractivity contribution is 6.33. The summed E-state index contributed by atoms with van der Waals surface area (Å²) in [6.07, 6.45) is 0.455. The van der Waals surface area contributed by atoms with Crippen LogP contribution in [0.2, 0.25) is 5.02 Å². The van der Waals surface area contributed by atoms with E-state index in [1.165, 1.54) is 21.9 Å². The van der Waals surface area contributed by atoms with Crippen molar-refractivity contribution in [1.29, 1.82) is 0 Å². The number of aromatic nitrogens is 5. The third kappa shape index (κ3) is 7.84. The molecule has 300 valence electrons. The number of ether oxygens (including phenoxy) is 2. The number of carboxylic acid groups (broad SMARTS) is 1. The first-order chi connectivity index (χ1) is 27.9. The minimum Gasteiger partial charge on any atom is -0.497 e. The van der Waals surface area contributed by atoms with E-state index in [1.807, 2.05) is 74.2 Å². The lowest BCUT2D eigenvalue weighted by Gasteiger charge is -2.43. The summed E-state index contributed by atoms with van der Waals surface area (Å²) in [4.78, 5) is 51.7. The van der Waals surface area contributed by atoms with Gasteiger partial charge in [-0.2, -0.15) is 4.98 Å². The van der Waals surface area contributed by atoms with Gasteiger partial charge in [0.2, 0.25) is 0 Å². The number of benzene rings is 3. The van der Waals surface area contributed by atoms with Crippen molar-refractivity contribution in [2.45, 2.75) is 58.8 Å². The zero-order valence-corrected chi connectivity index (χ0v) is 33.8. The predicted octanol–water partition coefficient (Wildman–Crippen LogP) is 7.95. The van der Waals surface area contributed by atoms with Gasteiger partial charge in [0.1, 0.15) is 35.1 Å². The van der Waals surface area contributed by atoms with Crippen molar-refractivity contribution in [2.75, 3.05) is 37.1 Å². The predicted molar refractivity (Wildman–Crippen MR) is 222 cm³/mol. The molecular formula is C43H44ClFN8O5. The van der Waals surface area contributed by atoms with Crippen LogP contribution in [0.15, 0.2) is 90.0 Å². The molecule has 3 aromatic heterocycles. The molecule has 1 saturated heterocycles. The van der Waals surface area contributed by atoms with Crippen molar-refractivity contribution in [1.82, 2.24) is 29.4 Å². The van der Waals surface area contributed by atoms with E-state index in [0.29, 0.717) is 47.2 Å². The molecule has 1 aliphatic heterocycles. The molecule has 2 atom stereocenters. The topological polar surface area (TPSA) is 139 Å². The Bertz CT molecular complexity index is 2470. The molecule has 1 amide bonds. The highest BCUT2D eigenvalue weighted by atomic mass is 35.5. The quantitative estimate of drug-likeness (QED) is 0.137. The van der Waals surface area contributed by atoms with Crippen LogP contribution in [-0.2, 0) is 13.1 Å². The molecule has 7 rings (SSSR count). The molecule has 13 nitrogen and oxygen atoms in total. The van der Waals surface area contributed by atoms with E-state index in [4.69, 9.17) is 41.0 Å². The number of methoxy groups -OCH3 is 2. The van der Waals surface area contributed by atoms with Crippen molar-refractivity contribution < 1.29 is 23.8 Å². The van der Waals surface area contributed by atoms with E-state index in [-0.39, 0.29) is 52.8 Å². The lowest BCUT2D eigenvalue weighted by atomic mass is 10.1. The monoisotopic (exact) mass is 806 g/mol. The van der Waals surface area contributed by atoms with Gasteiger partial charge < -0.3 is 29.3 Å². The number of nitrogens with zero attached hydrogens (tertiary/aromatic N) is 8. The maximum atomic E-state index is 15.5. The fraction of sp³-hybridized carbons (Fsp3) is 0.302. The summed E-state index contributed by atoms with van der Waals surface area (Å²) in [5, 5.41) is 10.4. The Balaban J connectivity index is 1.51. The Labute approximate surface area is 340 Å². The van der Waals surface area contributed by atoms with Crippen LogP contribution in [0.25, 0.3) is 28.0 Å². The molecule has 1 aliphatic rings. The molecule has 0 aliphatic carbocycles. The SMILES string of the molecule is COc1ccc(CN(Cc2ccc(OC)cc2)c2ncnc(C(C)C)c2-n2c(=O)nc(N3C[C@@H](C)N(C(=O)O)C[C@@H]3C)c3cc(Cl)c(-c4ccccc4F)nc32)cc1. The molecule has 0 bridgehead atoms. The lowest BCUT2D eigenvalue weighted by Crippen LogP contribution is -2.58. The van der Waals surface area contributed by atoms with Gasteiger partial charge in [0.15, 0.2) is 11.5 Å². The third-order valence-electron chi connectivity index (χ3n) is 10.4. The van der Waals surface area contributed by atoms with Gasteiger partial charge in [0.05, 0.1) is 36.0 Å². The number of amides is 1. The normalized spacial score (nSPS) is 15.5. The number of piperazine rings is 1. The molecule has 6 aromatic rings. The van der Waals surface area contributed by atoms with Gasteiger partial charge >= 0.3 is 11.8 Å². The number of hydrogen-bond donors (Lipinski definition) is 1. The molecule has 4 heterocycles.